The third-order valence-corrected chi connectivity index (χ3v) is 3.13. The Labute approximate surface area is 69.5 Å². The lowest BCUT2D eigenvalue weighted by Gasteiger charge is -2.17. The van der Waals surface area contributed by atoms with Gasteiger partial charge in [0, 0.05) is 6.04 Å². The molecule has 0 spiro atoms. The molecule has 0 saturated heterocycles. The van der Waals surface area contributed by atoms with Crippen LogP contribution in [0.3, 0.4) is 0 Å². The summed E-state index contributed by atoms with van der Waals surface area (Å²) in [7, 11) is 0. The first-order valence-corrected chi connectivity index (χ1v) is 4.74. The summed E-state index contributed by atoms with van der Waals surface area (Å²) in [6.45, 7) is 4.47. The van der Waals surface area contributed by atoms with Crippen LogP contribution in [0.4, 0.5) is 0 Å². The molecule has 1 rings (SSSR count). The van der Waals surface area contributed by atoms with E-state index in [1.807, 2.05) is 0 Å². The Morgan fingerprint density at radius 2 is 2.27 bits per heavy atom. The van der Waals surface area contributed by atoms with Gasteiger partial charge in [-0.1, -0.05) is 19.8 Å². The van der Waals surface area contributed by atoms with E-state index < -0.39 is 0 Å². The molecular weight excluding hydrogens is 136 g/mol. The second-order valence-electron chi connectivity index (χ2n) is 3.80. The lowest BCUT2D eigenvalue weighted by molar-refractivity contribution is 0.371. The van der Waals surface area contributed by atoms with E-state index in [4.69, 9.17) is 5.84 Å². The number of nitrogens with one attached hydrogen (secondary N) is 1. The number of rotatable bonds is 3. The fraction of sp³-hybridized carbons (Fsp3) is 1.00. The van der Waals surface area contributed by atoms with E-state index in [0.29, 0.717) is 6.04 Å². The zero-order valence-electron chi connectivity index (χ0n) is 7.64. The van der Waals surface area contributed by atoms with Crippen LogP contribution in [0.5, 0.6) is 0 Å². The molecule has 2 nitrogen and oxygen atoms in total. The molecule has 0 aliphatic heterocycles. The van der Waals surface area contributed by atoms with Gasteiger partial charge in [0.2, 0.25) is 0 Å². The van der Waals surface area contributed by atoms with Crippen LogP contribution in [0.25, 0.3) is 0 Å². The number of hydrogen-bond donors (Lipinski definition) is 2. The van der Waals surface area contributed by atoms with Gasteiger partial charge in [-0.3, -0.25) is 11.3 Å². The highest BCUT2D eigenvalue weighted by Crippen LogP contribution is 2.34. The molecule has 11 heavy (non-hydrogen) atoms. The van der Waals surface area contributed by atoms with Gasteiger partial charge in [-0.05, 0) is 31.6 Å². The lowest BCUT2D eigenvalue weighted by Crippen LogP contribution is -2.37. The molecule has 1 aliphatic rings. The van der Waals surface area contributed by atoms with E-state index in [1.165, 1.54) is 25.7 Å². The topological polar surface area (TPSA) is 38.0 Å². The molecule has 1 aliphatic carbocycles. The fourth-order valence-electron chi connectivity index (χ4n) is 2.07. The van der Waals surface area contributed by atoms with Gasteiger partial charge in [-0.25, -0.2) is 0 Å². The molecule has 66 valence electrons. The van der Waals surface area contributed by atoms with Gasteiger partial charge in [-0.2, -0.15) is 0 Å². The molecule has 1 fully saturated rings. The molecule has 0 bridgehead atoms. The zero-order chi connectivity index (χ0) is 8.27. The predicted octanol–water partition coefficient (Wildman–Crippen LogP) is 1.66. The first-order chi connectivity index (χ1) is 5.27. The Balaban J connectivity index is 2.29. The Morgan fingerprint density at radius 3 is 2.73 bits per heavy atom. The third kappa shape index (κ3) is 2.17. The van der Waals surface area contributed by atoms with Crippen molar-refractivity contribution in [1.82, 2.24) is 5.43 Å². The van der Waals surface area contributed by atoms with E-state index in [0.717, 1.165) is 11.8 Å². The molecule has 0 aromatic carbocycles. The summed E-state index contributed by atoms with van der Waals surface area (Å²) < 4.78 is 0. The minimum absolute atomic E-state index is 0.506. The maximum atomic E-state index is 5.39. The first kappa shape index (κ1) is 9.01. The molecule has 1 saturated carbocycles. The van der Waals surface area contributed by atoms with E-state index in [1.54, 1.807) is 0 Å². The van der Waals surface area contributed by atoms with E-state index in [-0.39, 0.29) is 0 Å². The summed E-state index contributed by atoms with van der Waals surface area (Å²) in [5, 5.41) is 0. The summed E-state index contributed by atoms with van der Waals surface area (Å²) in [5.41, 5.74) is 2.85. The van der Waals surface area contributed by atoms with Crippen molar-refractivity contribution in [1.29, 1.82) is 0 Å². The molecule has 0 heterocycles. The fourth-order valence-corrected chi connectivity index (χ4v) is 2.07. The van der Waals surface area contributed by atoms with Crippen molar-refractivity contribution in [3.8, 4) is 0 Å². The van der Waals surface area contributed by atoms with Crippen molar-refractivity contribution in [2.75, 3.05) is 0 Å². The summed E-state index contributed by atoms with van der Waals surface area (Å²) in [4.78, 5) is 0. The predicted molar refractivity (Wildman–Crippen MR) is 47.9 cm³/mol. The third-order valence-electron chi connectivity index (χ3n) is 3.13. The van der Waals surface area contributed by atoms with E-state index in [9.17, 15) is 0 Å². The summed E-state index contributed by atoms with van der Waals surface area (Å²) >= 11 is 0. The molecule has 0 amide bonds. The van der Waals surface area contributed by atoms with Crippen LogP contribution in [-0.2, 0) is 0 Å². The Hall–Kier alpha value is -0.0800. The van der Waals surface area contributed by atoms with Crippen LogP contribution >= 0.6 is 0 Å². The van der Waals surface area contributed by atoms with Crippen LogP contribution in [0.1, 0.15) is 39.5 Å². The molecule has 3 atom stereocenters. The largest absolute Gasteiger partial charge is 0.271 e. The summed E-state index contributed by atoms with van der Waals surface area (Å²) in [6.07, 6.45) is 5.49. The van der Waals surface area contributed by atoms with Crippen molar-refractivity contribution in [3.05, 3.63) is 0 Å². The average molecular weight is 156 g/mol. The Kier molecular flexibility index (Phi) is 3.34. The van der Waals surface area contributed by atoms with Crippen LogP contribution < -0.4 is 11.3 Å². The molecule has 3 unspecified atom stereocenters. The van der Waals surface area contributed by atoms with Gasteiger partial charge in [0.25, 0.3) is 0 Å². The standard InChI is InChI=1S/C9H20N2/c1-3-8-4-5-9(6-8)7(2)11-10/h7-9,11H,3-6,10H2,1-2H3. The minimum atomic E-state index is 0.506. The van der Waals surface area contributed by atoms with Crippen LogP contribution in [0.2, 0.25) is 0 Å². The highest BCUT2D eigenvalue weighted by molar-refractivity contribution is 4.80. The molecule has 0 aromatic rings. The maximum absolute atomic E-state index is 5.39. The zero-order valence-corrected chi connectivity index (χ0v) is 7.64. The number of nitrogens with two attached hydrogens (primary N) is 1. The number of hydrazine groups is 1. The van der Waals surface area contributed by atoms with Crippen molar-refractivity contribution in [3.63, 3.8) is 0 Å². The Morgan fingerprint density at radius 1 is 1.55 bits per heavy atom. The van der Waals surface area contributed by atoms with Crippen molar-refractivity contribution in [2.24, 2.45) is 17.7 Å². The SMILES string of the molecule is CCC1CCC(C(C)NN)C1. The van der Waals surface area contributed by atoms with Crippen LogP contribution in [0.15, 0.2) is 0 Å². The van der Waals surface area contributed by atoms with Crippen LogP contribution in [0, 0.1) is 11.8 Å². The van der Waals surface area contributed by atoms with Crippen molar-refractivity contribution in [2.45, 2.75) is 45.6 Å². The van der Waals surface area contributed by atoms with Gasteiger partial charge in [-0.15, -0.1) is 0 Å². The van der Waals surface area contributed by atoms with Gasteiger partial charge < -0.3 is 0 Å². The second-order valence-corrected chi connectivity index (χ2v) is 3.80. The van der Waals surface area contributed by atoms with Crippen molar-refractivity contribution < 1.29 is 0 Å². The monoisotopic (exact) mass is 156 g/mol. The lowest BCUT2D eigenvalue weighted by atomic mass is 9.98. The summed E-state index contributed by atoms with van der Waals surface area (Å²) in [5.74, 6) is 7.18. The highest BCUT2D eigenvalue weighted by atomic mass is 15.2. The average Bonchev–Trinajstić information content (AvgIpc) is 2.50. The number of hydrogen-bond acceptors (Lipinski definition) is 2. The first-order valence-electron chi connectivity index (χ1n) is 4.74. The second kappa shape index (κ2) is 4.07. The molecule has 3 N–H and O–H groups in total. The van der Waals surface area contributed by atoms with Gasteiger partial charge >= 0.3 is 0 Å². The van der Waals surface area contributed by atoms with Crippen molar-refractivity contribution >= 4 is 0 Å². The molecule has 0 radical (unpaired) electrons. The van der Waals surface area contributed by atoms with Gasteiger partial charge in [0.05, 0.1) is 0 Å². The van der Waals surface area contributed by atoms with Gasteiger partial charge in [0.15, 0.2) is 0 Å². The summed E-state index contributed by atoms with van der Waals surface area (Å²) in [6, 6.07) is 0.506. The minimum Gasteiger partial charge on any atom is -0.271 e. The van der Waals surface area contributed by atoms with E-state index in [2.05, 4.69) is 19.3 Å². The van der Waals surface area contributed by atoms with Crippen LogP contribution in [-0.4, -0.2) is 6.04 Å². The molecule has 2 heteroatoms. The normalized spacial score (nSPS) is 34.1. The highest BCUT2D eigenvalue weighted by Gasteiger charge is 2.26. The molecular formula is C9H20N2. The quantitative estimate of drug-likeness (QED) is 0.482. The van der Waals surface area contributed by atoms with E-state index >= 15 is 0 Å². The smallest absolute Gasteiger partial charge is 0.0210 e. The maximum Gasteiger partial charge on any atom is 0.0210 e. The Bertz CT molecular complexity index is 114. The van der Waals surface area contributed by atoms with Gasteiger partial charge in [0.1, 0.15) is 0 Å². The molecule has 0 aromatic heterocycles.